The number of methoxy groups -OCH3 is 3. The van der Waals surface area contributed by atoms with Crippen molar-refractivity contribution in [2.75, 3.05) is 59.1 Å². The lowest BCUT2D eigenvalue weighted by atomic mass is 9.80. The Hall–Kier alpha value is -7.66. The second-order valence-electron chi connectivity index (χ2n) is 23.6. The minimum atomic E-state index is -5.72. The minimum absolute atomic E-state index is 0.000492. The highest BCUT2D eigenvalue weighted by Crippen LogP contribution is 2.54. The van der Waals surface area contributed by atoms with Gasteiger partial charge in [-0.25, -0.2) is 32.5 Å². The van der Waals surface area contributed by atoms with Gasteiger partial charge in [0.1, 0.15) is 78.1 Å². The summed E-state index contributed by atoms with van der Waals surface area (Å²) in [5, 5.41) is 0. The number of para-hydroxylation sites is 1. The fraction of sp³-hybridized carbons (Fsp3) is 0.419. The Bertz CT molecular complexity index is 4490. The number of piperidine rings is 1. The van der Waals surface area contributed by atoms with Crippen LogP contribution in [0.3, 0.4) is 0 Å². The zero-order valence-corrected chi connectivity index (χ0v) is 56.2. The first-order chi connectivity index (χ1) is 47.1. The van der Waals surface area contributed by atoms with Crippen molar-refractivity contribution in [3.05, 3.63) is 224 Å². The van der Waals surface area contributed by atoms with Gasteiger partial charge in [0.2, 0.25) is 0 Å². The molecule has 7 heterocycles. The van der Waals surface area contributed by atoms with Crippen molar-refractivity contribution in [3.63, 3.8) is 0 Å². The van der Waals surface area contributed by atoms with Crippen LogP contribution >= 0.6 is 23.5 Å². The summed E-state index contributed by atoms with van der Waals surface area (Å²) in [5.41, 5.74) is -4.94. The number of benzene rings is 4. The first-order valence-corrected chi connectivity index (χ1v) is 35.3. The molecule has 0 bridgehead atoms. The topological polar surface area (TPSA) is 420 Å². The van der Waals surface area contributed by atoms with E-state index in [0.29, 0.717) is 28.2 Å². The highest BCUT2D eigenvalue weighted by Gasteiger charge is 2.56. The van der Waals surface area contributed by atoms with Crippen molar-refractivity contribution >= 4 is 29.2 Å². The summed E-state index contributed by atoms with van der Waals surface area (Å²) in [6.45, 7) is 0.274. The molecule has 4 aromatic carbocycles. The van der Waals surface area contributed by atoms with Gasteiger partial charge in [-0.2, -0.15) is 0 Å². The number of hydrogen-bond donors (Lipinski definition) is 7. The summed E-state index contributed by atoms with van der Waals surface area (Å²) >= 11 is 0. The fourth-order valence-corrected chi connectivity index (χ4v) is 14.9. The van der Waals surface area contributed by atoms with Gasteiger partial charge >= 0.3 is 40.5 Å². The second-order valence-corrected chi connectivity index (χ2v) is 27.6. The summed E-state index contributed by atoms with van der Waals surface area (Å²) < 4.78 is 138. The predicted octanol–water partition coefficient (Wildman–Crippen LogP) is 4.40. The lowest BCUT2D eigenvalue weighted by Crippen LogP contribution is -2.52. The van der Waals surface area contributed by atoms with Crippen LogP contribution in [0, 0.1) is 19.7 Å². The van der Waals surface area contributed by atoms with Crippen LogP contribution in [0.1, 0.15) is 72.2 Å². The van der Waals surface area contributed by atoms with Crippen molar-refractivity contribution < 1.29 is 98.2 Å². The summed E-state index contributed by atoms with van der Waals surface area (Å²) in [6.07, 6.45) is -14.1. The molecular weight excluding hydrogens is 1370 g/mol. The van der Waals surface area contributed by atoms with Crippen molar-refractivity contribution in [1.29, 1.82) is 0 Å². The molecule has 0 spiro atoms. The molecule has 532 valence electrons. The van der Waals surface area contributed by atoms with E-state index in [0.717, 1.165) is 38.4 Å². The quantitative estimate of drug-likeness (QED) is 0.0213. The van der Waals surface area contributed by atoms with Crippen LogP contribution in [0.15, 0.2) is 157 Å². The van der Waals surface area contributed by atoms with Crippen molar-refractivity contribution in [1.82, 2.24) is 28.7 Å². The van der Waals surface area contributed by atoms with Gasteiger partial charge in [0, 0.05) is 81.7 Å². The molecule has 7 N–H and O–H groups in total. The van der Waals surface area contributed by atoms with Gasteiger partial charge in [-0.1, -0.05) is 66.7 Å². The maximum Gasteiger partial charge on any atom is 0.472 e. The number of aromatic amines is 3. The van der Waals surface area contributed by atoms with Crippen LogP contribution in [-0.4, -0.2) is 151 Å². The highest BCUT2D eigenvalue weighted by molar-refractivity contribution is 7.47. The van der Waals surface area contributed by atoms with E-state index < -0.39 is 168 Å². The number of aromatic nitrogens is 6. The van der Waals surface area contributed by atoms with E-state index in [1.54, 1.807) is 89.8 Å². The molecule has 3 aromatic heterocycles. The van der Waals surface area contributed by atoms with E-state index in [9.17, 15) is 57.5 Å². The van der Waals surface area contributed by atoms with Gasteiger partial charge in [-0.15, -0.1) is 0 Å². The molecule has 0 amide bonds. The summed E-state index contributed by atoms with van der Waals surface area (Å²) in [5.74, 6) is -1.17. The number of nitrogens with one attached hydrogen (secondary N) is 3. The first-order valence-electron chi connectivity index (χ1n) is 30.8. The number of ether oxygens (including phenoxy) is 8. The lowest BCUT2D eigenvalue weighted by molar-refractivity contribution is -0.275. The van der Waals surface area contributed by atoms with E-state index in [-0.39, 0.29) is 42.7 Å². The summed E-state index contributed by atoms with van der Waals surface area (Å²) in [4.78, 5) is 129. The zero-order chi connectivity index (χ0) is 70.8. The average Bonchev–Trinajstić information content (AvgIpc) is 1.72. The van der Waals surface area contributed by atoms with Crippen LogP contribution in [0.4, 0.5) is 10.1 Å². The van der Waals surface area contributed by atoms with Crippen molar-refractivity contribution in [2.45, 2.75) is 112 Å². The number of hydrogen-bond acceptors (Lipinski definition) is 23. The van der Waals surface area contributed by atoms with E-state index in [1.165, 1.54) is 41.2 Å². The third-order valence-electron chi connectivity index (χ3n) is 17.4. The number of phosphoric acid groups is 3. The lowest BCUT2D eigenvalue weighted by Gasteiger charge is -2.44. The third-order valence-corrected chi connectivity index (χ3v) is 19.9. The monoisotopic (exact) mass is 1440 g/mol. The second kappa shape index (κ2) is 29.9. The highest BCUT2D eigenvalue weighted by atomic mass is 31.2. The zero-order valence-electron chi connectivity index (χ0n) is 53.5. The van der Waals surface area contributed by atoms with Gasteiger partial charge in [0.25, 0.3) is 16.7 Å². The van der Waals surface area contributed by atoms with E-state index >= 15 is 8.96 Å². The molecule has 0 radical (unpaired) electrons. The number of H-pyrrole nitrogens is 3. The third kappa shape index (κ3) is 16.4. The largest absolute Gasteiger partial charge is 0.497 e. The first kappa shape index (κ1) is 72.6. The van der Waals surface area contributed by atoms with Gasteiger partial charge in [0.15, 0.2) is 12.0 Å². The normalized spacial score (nSPS) is 24.5. The van der Waals surface area contributed by atoms with Crippen LogP contribution in [0.25, 0.3) is 0 Å². The molecule has 4 fully saturated rings. The van der Waals surface area contributed by atoms with Gasteiger partial charge in [-0.05, 0) is 66.9 Å². The number of phosphoric ester groups is 3. The summed E-state index contributed by atoms with van der Waals surface area (Å²) in [7, 11) is -12.2. The summed E-state index contributed by atoms with van der Waals surface area (Å²) in [6, 6.07) is 30.1. The van der Waals surface area contributed by atoms with Gasteiger partial charge in [0.05, 0.1) is 39.7 Å². The van der Waals surface area contributed by atoms with Gasteiger partial charge in [-0.3, -0.25) is 65.7 Å². The Balaban J connectivity index is 0.937. The van der Waals surface area contributed by atoms with Crippen molar-refractivity contribution in [2.24, 2.45) is 0 Å². The standard InChI is InChI=1S/C62H71FN7O26P3/c1-36-31-69(59(75)65-55(36)72)51-29-45(94-97(77,78)79)47(90-51)34-88-98(80,81)95-46-30-52(70-32-37(2)56(73)66-60(70)76)91-48(46)35-89-99(82,83)96-53-49(33-87-62(38-11-7-6-8-12-38,39-15-19-41(84-3)20-16-39)40-17-21-42(85-4)22-18-40)92-57(68-26-23-50(71)64-58(68)74)54(53)93-61(86-5)24-27-67(28-25-61)44-14-10-9-13-43(44)63/h6-23,26,31-32,45-49,51-54,57H,24-25,27-30,33-35H2,1-5H3,(H,80,81)(H,82,83)(H,64,71,74)(H,65,72,75)(H,66,73,76)(H2,77,78,79)/t45-,46-,47+,48+,49+,51+,52+,53+,54+,57+/m0/s1. The average molecular weight is 1440 g/mol. The van der Waals surface area contributed by atoms with E-state index in [4.69, 9.17) is 60.5 Å². The van der Waals surface area contributed by atoms with Crippen LogP contribution in [0.2, 0.25) is 0 Å². The molecule has 12 atom stereocenters. The molecule has 4 saturated heterocycles. The maximum absolute atomic E-state index is 15.3. The van der Waals surface area contributed by atoms with Crippen LogP contribution in [0.5, 0.6) is 11.5 Å². The Labute approximate surface area is 560 Å². The minimum Gasteiger partial charge on any atom is -0.497 e. The van der Waals surface area contributed by atoms with Crippen LogP contribution < -0.4 is 48.1 Å². The van der Waals surface area contributed by atoms with E-state index in [1.807, 2.05) is 12.1 Å². The predicted molar refractivity (Wildman–Crippen MR) is 343 cm³/mol. The molecule has 33 nitrogen and oxygen atoms in total. The molecule has 4 aliphatic heterocycles. The molecule has 0 aliphatic carbocycles. The number of rotatable bonds is 27. The van der Waals surface area contributed by atoms with Gasteiger partial charge < -0.3 is 62.4 Å². The number of nitrogens with zero attached hydrogens (tertiary/aromatic N) is 4. The molecule has 11 rings (SSSR count). The van der Waals surface area contributed by atoms with Crippen LogP contribution in [-0.2, 0) is 70.3 Å². The number of anilines is 1. The SMILES string of the molecule is COc1ccc(C(OC[C@H]2O[C@@H](n3ccc(=O)[nH]c3=O)[C@H](OC3(OC)CCN(c4ccccc4F)CC3)[C@@H]2OP(=O)(O)OC[C@H]2O[C@@H](n3cc(C)c(=O)[nH]c3=O)C[C@@H]2OP(=O)(O)OC[C@H]2O[C@@H](n3cc(C)c(=O)[nH]c3=O)C[C@@H]2OP(=O)(O)O)(c2ccccc2)c2ccc(OC)cc2)cc1. The molecule has 4 aliphatic rings. The molecule has 99 heavy (non-hydrogen) atoms. The van der Waals surface area contributed by atoms with Crippen molar-refractivity contribution in [3.8, 4) is 11.5 Å². The molecule has 37 heteroatoms. The molecule has 0 saturated carbocycles. The molecular formula is C62H71FN7O26P3. The maximum atomic E-state index is 15.3. The Morgan fingerprint density at radius 3 is 1.58 bits per heavy atom. The molecule has 7 aromatic rings. The van der Waals surface area contributed by atoms with E-state index in [2.05, 4.69) is 15.0 Å². The smallest absolute Gasteiger partial charge is 0.472 e. The Morgan fingerprint density at radius 1 is 0.576 bits per heavy atom. The fourth-order valence-electron chi connectivity index (χ4n) is 12.4. The Morgan fingerprint density at radius 2 is 1.07 bits per heavy atom. The number of aryl methyl sites for hydroxylation is 2. The Kier molecular flexibility index (Phi) is 21.9. The molecule has 2 unspecified atom stereocenters. The number of halogens is 1.